The van der Waals surface area contributed by atoms with E-state index in [1.54, 1.807) is 6.07 Å². The van der Waals surface area contributed by atoms with Gasteiger partial charge in [0, 0.05) is 17.1 Å². The van der Waals surface area contributed by atoms with Crippen molar-refractivity contribution in [1.29, 1.82) is 0 Å². The lowest BCUT2D eigenvalue weighted by molar-refractivity contribution is 0.675. The van der Waals surface area contributed by atoms with Gasteiger partial charge in [0.1, 0.15) is 0 Å². The van der Waals surface area contributed by atoms with Crippen LogP contribution in [-0.4, -0.2) is 6.54 Å². The van der Waals surface area contributed by atoms with Gasteiger partial charge in [0.2, 0.25) is 0 Å². The number of hydrogen-bond donors (Lipinski definition) is 1. The maximum absolute atomic E-state index is 6.37. The monoisotopic (exact) mass is 327 g/mol. The Bertz CT molecular complexity index is 596. The van der Waals surface area contributed by atoms with Gasteiger partial charge in [-0.2, -0.15) is 0 Å². The van der Waals surface area contributed by atoms with Crippen LogP contribution in [0.15, 0.2) is 36.4 Å². The average molecular weight is 329 g/mol. The fraction of sp³-hybridized carbons (Fsp3) is 0.250. The van der Waals surface area contributed by atoms with E-state index in [9.17, 15) is 0 Å². The zero-order valence-electron chi connectivity index (χ0n) is 11.2. The molecule has 0 radical (unpaired) electrons. The highest BCUT2D eigenvalue weighted by Crippen LogP contribution is 2.33. The molecule has 2 aromatic rings. The van der Waals surface area contributed by atoms with E-state index in [0.717, 1.165) is 35.7 Å². The van der Waals surface area contributed by atoms with Crippen molar-refractivity contribution in [1.82, 2.24) is 5.32 Å². The quantitative estimate of drug-likeness (QED) is 0.683. The Balaban J connectivity index is 2.22. The molecule has 1 nitrogen and oxygen atoms in total. The van der Waals surface area contributed by atoms with Gasteiger partial charge in [0.25, 0.3) is 0 Å². The molecule has 0 heterocycles. The maximum Gasteiger partial charge on any atom is 0.0598 e. The van der Waals surface area contributed by atoms with Gasteiger partial charge < -0.3 is 5.32 Å². The summed E-state index contributed by atoms with van der Waals surface area (Å²) in [6.45, 7) is 3.98. The van der Waals surface area contributed by atoms with Crippen LogP contribution in [0.1, 0.15) is 18.9 Å². The van der Waals surface area contributed by atoms with Crippen molar-refractivity contribution in [2.45, 2.75) is 19.9 Å². The van der Waals surface area contributed by atoms with Crippen molar-refractivity contribution in [3.05, 3.63) is 57.0 Å². The second-order valence-electron chi connectivity index (χ2n) is 4.62. The van der Waals surface area contributed by atoms with Crippen molar-refractivity contribution in [3.63, 3.8) is 0 Å². The molecular formula is C16H16Cl3N. The lowest BCUT2D eigenvalue weighted by Crippen LogP contribution is -2.13. The number of rotatable bonds is 5. The van der Waals surface area contributed by atoms with Crippen LogP contribution in [0.25, 0.3) is 11.1 Å². The van der Waals surface area contributed by atoms with Crippen LogP contribution >= 0.6 is 34.8 Å². The topological polar surface area (TPSA) is 12.0 Å². The van der Waals surface area contributed by atoms with Crippen molar-refractivity contribution in [2.75, 3.05) is 6.54 Å². The molecular weight excluding hydrogens is 313 g/mol. The van der Waals surface area contributed by atoms with Gasteiger partial charge in [-0.3, -0.25) is 0 Å². The minimum atomic E-state index is 0.536. The molecule has 0 spiro atoms. The summed E-state index contributed by atoms with van der Waals surface area (Å²) in [4.78, 5) is 0. The first-order chi connectivity index (χ1) is 9.61. The van der Waals surface area contributed by atoms with Gasteiger partial charge in [-0.15, -0.1) is 0 Å². The Kier molecular flexibility index (Phi) is 5.74. The Morgan fingerprint density at radius 2 is 1.70 bits per heavy atom. The maximum atomic E-state index is 6.37. The normalized spacial score (nSPS) is 10.8. The second-order valence-corrected chi connectivity index (χ2v) is 5.84. The fourth-order valence-electron chi connectivity index (χ4n) is 1.98. The molecule has 0 unspecified atom stereocenters. The number of benzene rings is 2. The standard InChI is InChI=1S/C16H16Cl3N/c1-2-7-20-10-11-3-5-13(15(18)8-11)12-4-6-14(17)16(19)9-12/h3-6,8-9,20H,2,7,10H2,1H3. The van der Waals surface area contributed by atoms with Gasteiger partial charge in [-0.1, -0.05) is 59.9 Å². The van der Waals surface area contributed by atoms with Crippen LogP contribution in [0.2, 0.25) is 15.1 Å². The molecule has 4 heteroatoms. The summed E-state index contributed by atoms with van der Waals surface area (Å²) in [6, 6.07) is 11.6. The van der Waals surface area contributed by atoms with Crippen LogP contribution in [0.5, 0.6) is 0 Å². The van der Waals surface area contributed by atoms with Crippen molar-refractivity contribution >= 4 is 34.8 Å². The molecule has 0 saturated heterocycles. The molecule has 106 valence electrons. The Morgan fingerprint density at radius 3 is 2.35 bits per heavy atom. The Morgan fingerprint density at radius 1 is 0.900 bits per heavy atom. The van der Waals surface area contributed by atoms with Crippen LogP contribution < -0.4 is 5.32 Å². The predicted octanol–water partition coefficient (Wildman–Crippen LogP) is 5.81. The van der Waals surface area contributed by atoms with E-state index in [2.05, 4.69) is 18.3 Å². The smallest absolute Gasteiger partial charge is 0.0598 e. The van der Waals surface area contributed by atoms with E-state index in [4.69, 9.17) is 34.8 Å². The number of nitrogens with one attached hydrogen (secondary N) is 1. The highest BCUT2D eigenvalue weighted by atomic mass is 35.5. The highest BCUT2D eigenvalue weighted by Gasteiger charge is 2.07. The highest BCUT2D eigenvalue weighted by molar-refractivity contribution is 6.42. The molecule has 0 atom stereocenters. The number of hydrogen-bond acceptors (Lipinski definition) is 1. The minimum Gasteiger partial charge on any atom is -0.313 e. The largest absolute Gasteiger partial charge is 0.313 e. The molecule has 20 heavy (non-hydrogen) atoms. The van der Waals surface area contributed by atoms with E-state index >= 15 is 0 Å². The zero-order chi connectivity index (χ0) is 14.5. The lowest BCUT2D eigenvalue weighted by Gasteiger charge is -2.09. The molecule has 2 rings (SSSR count). The van der Waals surface area contributed by atoms with Crippen LogP contribution in [-0.2, 0) is 6.54 Å². The third-order valence-corrected chi connectivity index (χ3v) is 4.07. The van der Waals surface area contributed by atoms with Gasteiger partial charge in [-0.25, -0.2) is 0 Å². The zero-order valence-corrected chi connectivity index (χ0v) is 13.5. The SMILES string of the molecule is CCCNCc1ccc(-c2ccc(Cl)c(Cl)c2)c(Cl)c1. The molecule has 0 fully saturated rings. The molecule has 0 aliphatic heterocycles. The first-order valence-electron chi connectivity index (χ1n) is 6.56. The number of halogens is 3. The van der Waals surface area contributed by atoms with Crippen LogP contribution in [0.4, 0.5) is 0 Å². The van der Waals surface area contributed by atoms with E-state index in [1.165, 1.54) is 5.56 Å². The van der Waals surface area contributed by atoms with Crippen LogP contribution in [0.3, 0.4) is 0 Å². The summed E-state index contributed by atoms with van der Waals surface area (Å²) in [5, 5.41) is 5.16. The van der Waals surface area contributed by atoms with E-state index in [0.29, 0.717) is 10.0 Å². The second kappa shape index (κ2) is 7.33. The molecule has 0 aromatic heterocycles. The summed E-state index contributed by atoms with van der Waals surface area (Å²) in [6.07, 6.45) is 1.12. The average Bonchev–Trinajstić information content (AvgIpc) is 2.43. The fourth-order valence-corrected chi connectivity index (χ4v) is 2.59. The van der Waals surface area contributed by atoms with Gasteiger partial charge >= 0.3 is 0 Å². The summed E-state index contributed by atoms with van der Waals surface area (Å²) < 4.78 is 0. The van der Waals surface area contributed by atoms with Gasteiger partial charge in [0.15, 0.2) is 0 Å². The summed E-state index contributed by atoms with van der Waals surface area (Å²) in [7, 11) is 0. The molecule has 0 aliphatic rings. The third kappa shape index (κ3) is 3.89. The van der Waals surface area contributed by atoms with Crippen molar-refractivity contribution in [2.24, 2.45) is 0 Å². The molecule has 1 N–H and O–H groups in total. The first-order valence-corrected chi connectivity index (χ1v) is 7.69. The first kappa shape index (κ1) is 15.7. The third-order valence-electron chi connectivity index (χ3n) is 3.02. The summed E-state index contributed by atoms with van der Waals surface area (Å²) >= 11 is 18.3. The molecule has 0 amide bonds. The molecule has 0 saturated carbocycles. The summed E-state index contributed by atoms with van der Waals surface area (Å²) in [5.41, 5.74) is 3.11. The summed E-state index contributed by atoms with van der Waals surface area (Å²) in [5.74, 6) is 0. The molecule has 0 bridgehead atoms. The lowest BCUT2D eigenvalue weighted by atomic mass is 10.0. The van der Waals surface area contributed by atoms with Crippen molar-refractivity contribution in [3.8, 4) is 11.1 Å². The predicted molar refractivity (Wildman–Crippen MR) is 88.9 cm³/mol. The van der Waals surface area contributed by atoms with Crippen LogP contribution in [0, 0.1) is 0 Å². The van der Waals surface area contributed by atoms with Crippen molar-refractivity contribution < 1.29 is 0 Å². The Labute approximate surface area is 134 Å². The van der Waals surface area contributed by atoms with E-state index in [-0.39, 0.29) is 0 Å². The Hall–Kier alpha value is -0.730. The van der Waals surface area contributed by atoms with E-state index < -0.39 is 0 Å². The van der Waals surface area contributed by atoms with Gasteiger partial charge in [-0.05, 0) is 42.3 Å². The van der Waals surface area contributed by atoms with Gasteiger partial charge in [0.05, 0.1) is 10.0 Å². The molecule has 2 aromatic carbocycles. The minimum absolute atomic E-state index is 0.536. The molecule has 0 aliphatic carbocycles. The van der Waals surface area contributed by atoms with E-state index in [1.807, 2.05) is 24.3 Å².